The number of rotatable bonds is 7. The van der Waals surface area contributed by atoms with E-state index < -0.39 is 26.8 Å². The molecule has 11 nitrogen and oxygen atoms in total. The van der Waals surface area contributed by atoms with Gasteiger partial charge in [-0.15, -0.1) is 0 Å². The molecular formula is C25H18ClN5O6S. The topological polar surface area (TPSA) is 174 Å². The molecule has 4 rings (SSSR count). The predicted octanol–water partition coefficient (Wildman–Crippen LogP) is 4.46. The standard InChI is InChI=1S/C25H18ClN5O6S/c26-17-9-12-23(28-14-17)30-25(33)20-13-18(31(34)35)10-11-21(20)29-24(32)16-7-5-15(6-8-16)19-3-1-2-4-22(19)38(27,36)37/h1-14H,(H,29,32)(H2,27,36,37)(H,28,30,33). The number of aromatic nitrogens is 1. The molecule has 0 saturated carbocycles. The fourth-order valence-corrected chi connectivity index (χ4v) is 4.40. The lowest BCUT2D eigenvalue weighted by Gasteiger charge is -2.12. The van der Waals surface area contributed by atoms with Gasteiger partial charge in [-0.3, -0.25) is 19.7 Å². The first-order chi connectivity index (χ1) is 18.0. The van der Waals surface area contributed by atoms with Crippen LogP contribution in [-0.2, 0) is 10.0 Å². The van der Waals surface area contributed by atoms with Gasteiger partial charge in [0.05, 0.1) is 26.1 Å². The molecule has 1 heterocycles. The smallest absolute Gasteiger partial charge is 0.270 e. The minimum absolute atomic E-state index is 0.0238. The lowest BCUT2D eigenvalue weighted by Crippen LogP contribution is -2.19. The number of primary sulfonamides is 1. The van der Waals surface area contributed by atoms with E-state index in [4.69, 9.17) is 16.7 Å². The van der Waals surface area contributed by atoms with Crippen molar-refractivity contribution in [2.24, 2.45) is 5.14 Å². The third-order valence-corrected chi connectivity index (χ3v) is 6.52. The SMILES string of the molecule is NS(=O)(=O)c1ccccc1-c1ccc(C(=O)Nc2ccc([N+](=O)[O-])cc2C(=O)Nc2ccc(Cl)cn2)cc1. The van der Waals surface area contributed by atoms with Gasteiger partial charge in [0.25, 0.3) is 17.5 Å². The number of anilines is 2. The van der Waals surface area contributed by atoms with Crippen molar-refractivity contribution in [1.29, 1.82) is 0 Å². The summed E-state index contributed by atoms with van der Waals surface area (Å²) in [5, 5.41) is 22.0. The summed E-state index contributed by atoms with van der Waals surface area (Å²) in [6, 6.07) is 18.6. The largest absolute Gasteiger partial charge is 0.321 e. The van der Waals surface area contributed by atoms with Crippen LogP contribution in [0.1, 0.15) is 20.7 Å². The Morgan fingerprint density at radius 1 is 0.921 bits per heavy atom. The maximum absolute atomic E-state index is 13.0. The number of carbonyl (C=O) groups excluding carboxylic acids is 2. The van der Waals surface area contributed by atoms with E-state index in [9.17, 15) is 28.1 Å². The summed E-state index contributed by atoms with van der Waals surface area (Å²) in [5.74, 6) is -1.20. The zero-order valence-corrected chi connectivity index (χ0v) is 20.9. The maximum Gasteiger partial charge on any atom is 0.270 e. The lowest BCUT2D eigenvalue weighted by molar-refractivity contribution is -0.384. The molecule has 4 N–H and O–H groups in total. The number of halogens is 1. The minimum atomic E-state index is -3.97. The van der Waals surface area contributed by atoms with E-state index in [0.717, 1.165) is 12.1 Å². The van der Waals surface area contributed by atoms with Gasteiger partial charge >= 0.3 is 0 Å². The number of non-ortho nitro benzene ring substituents is 1. The van der Waals surface area contributed by atoms with Crippen LogP contribution >= 0.6 is 11.6 Å². The van der Waals surface area contributed by atoms with E-state index in [2.05, 4.69) is 15.6 Å². The Morgan fingerprint density at radius 2 is 1.63 bits per heavy atom. The summed E-state index contributed by atoms with van der Waals surface area (Å²) in [5.41, 5.74) is 0.573. The fraction of sp³-hybridized carbons (Fsp3) is 0. The number of hydrogen-bond acceptors (Lipinski definition) is 7. The highest BCUT2D eigenvalue weighted by atomic mass is 35.5. The van der Waals surface area contributed by atoms with Crippen LogP contribution in [0.2, 0.25) is 5.02 Å². The van der Waals surface area contributed by atoms with Crippen molar-refractivity contribution in [3.8, 4) is 11.1 Å². The molecule has 192 valence electrons. The summed E-state index contributed by atoms with van der Waals surface area (Å²) in [6.07, 6.45) is 1.32. The normalized spacial score (nSPS) is 11.0. The average Bonchev–Trinajstić information content (AvgIpc) is 2.89. The quantitative estimate of drug-likeness (QED) is 0.224. The van der Waals surface area contributed by atoms with Crippen LogP contribution in [0.3, 0.4) is 0 Å². The van der Waals surface area contributed by atoms with E-state index in [1.54, 1.807) is 30.3 Å². The number of benzene rings is 3. The zero-order chi connectivity index (χ0) is 27.4. The molecule has 0 saturated heterocycles. The molecular weight excluding hydrogens is 534 g/mol. The second kappa shape index (κ2) is 10.8. The summed E-state index contributed by atoms with van der Waals surface area (Å²) >= 11 is 5.80. The van der Waals surface area contributed by atoms with Gasteiger partial charge in [0.15, 0.2) is 0 Å². The van der Waals surface area contributed by atoms with Crippen LogP contribution < -0.4 is 15.8 Å². The lowest BCUT2D eigenvalue weighted by atomic mass is 10.0. The second-order valence-electron chi connectivity index (χ2n) is 7.88. The predicted molar refractivity (Wildman–Crippen MR) is 142 cm³/mol. The highest BCUT2D eigenvalue weighted by molar-refractivity contribution is 7.89. The Hall–Kier alpha value is -4.65. The van der Waals surface area contributed by atoms with Gasteiger partial charge in [-0.1, -0.05) is 41.9 Å². The molecule has 4 aromatic rings. The first kappa shape index (κ1) is 26.4. The Balaban J connectivity index is 1.60. The van der Waals surface area contributed by atoms with Crippen LogP contribution in [0.4, 0.5) is 17.2 Å². The van der Waals surface area contributed by atoms with E-state index in [-0.39, 0.29) is 33.2 Å². The molecule has 38 heavy (non-hydrogen) atoms. The highest BCUT2D eigenvalue weighted by Crippen LogP contribution is 2.28. The number of sulfonamides is 1. The van der Waals surface area contributed by atoms with E-state index in [1.807, 2.05) is 0 Å². The van der Waals surface area contributed by atoms with Gasteiger partial charge < -0.3 is 10.6 Å². The first-order valence-electron chi connectivity index (χ1n) is 10.8. The fourth-order valence-electron chi connectivity index (χ4n) is 3.52. The molecule has 0 fully saturated rings. The Labute approximate surface area is 221 Å². The molecule has 0 aliphatic heterocycles. The van der Waals surface area contributed by atoms with Crippen molar-refractivity contribution in [3.05, 3.63) is 111 Å². The number of pyridine rings is 1. The molecule has 0 bridgehead atoms. The van der Waals surface area contributed by atoms with Gasteiger partial charge in [-0.25, -0.2) is 18.5 Å². The molecule has 1 aromatic heterocycles. The third kappa shape index (κ3) is 6.00. The number of nitro benzene ring substituents is 1. The Kier molecular flexibility index (Phi) is 7.48. The first-order valence-corrected chi connectivity index (χ1v) is 12.7. The molecule has 2 amide bonds. The van der Waals surface area contributed by atoms with Crippen molar-refractivity contribution in [1.82, 2.24) is 4.98 Å². The van der Waals surface area contributed by atoms with E-state index >= 15 is 0 Å². The highest BCUT2D eigenvalue weighted by Gasteiger charge is 2.20. The molecule has 0 unspecified atom stereocenters. The monoisotopic (exact) mass is 551 g/mol. The van der Waals surface area contributed by atoms with Crippen LogP contribution in [0.5, 0.6) is 0 Å². The Bertz CT molecular complexity index is 1660. The third-order valence-electron chi connectivity index (χ3n) is 5.33. The molecule has 13 heteroatoms. The van der Waals surface area contributed by atoms with Gasteiger partial charge in [0.2, 0.25) is 10.0 Å². The summed E-state index contributed by atoms with van der Waals surface area (Å²) in [6.45, 7) is 0. The van der Waals surface area contributed by atoms with Crippen LogP contribution in [0.15, 0.2) is 90.0 Å². The van der Waals surface area contributed by atoms with Gasteiger partial charge in [-0.2, -0.15) is 0 Å². The van der Waals surface area contributed by atoms with Crippen LogP contribution in [-0.4, -0.2) is 30.1 Å². The minimum Gasteiger partial charge on any atom is -0.321 e. The van der Waals surface area contributed by atoms with E-state index in [0.29, 0.717) is 16.1 Å². The number of nitro groups is 1. The number of nitrogens with two attached hydrogens (primary N) is 1. The second-order valence-corrected chi connectivity index (χ2v) is 9.84. The van der Waals surface area contributed by atoms with E-state index in [1.165, 1.54) is 42.6 Å². The number of nitrogens with zero attached hydrogens (tertiary/aromatic N) is 2. The maximum atomic E-state index is 13.0. The average molecular weight is 552 g/mol. The van der Waals surface area contributed by atoms with Crippen molar-refractivity contribution >= 4 is 50.6 Å². The van der Waals surface area contributed by atoms with Crippen molar-refractivity contribution < 1.29 is 22.9 Å². The van der Waals surface area contributed by atoms with Crippen molar-refractivity contribution in [2.45, 2.75) is 4.90 Å². The number of nitrogens with one attached hydrogen (secondary N) is 2. The van der Waals surface area contributed by atoms with Gasteiger partial charge in [-0.05, 0) is 42.0 Å². The van der Waals surface area contributed by atoms with Crippen LogP contribution in [0.25, 0.3) is 11.1 Å². The summed E-state index contributed by atoms with van der Waals surface area (Å²) < 4.78 is 23.8. The van der Waals surface area contributed by atoms with Crippen molar-refractivity contribution in [2.75, 3.05) is 10.6 Å². The number of carbonyl (C=O) groups is 2. The molecule has 0 aliphatic carbocycles. The number of hydrogen-bond donors (Lipinski definition) is 3. The number of amides is 2. The summed E-state index contributed by atoms with van der Waals surface area (Å²) in [7, 11) is -3.97. The zero-order valence-electron chi connectivity index (χ0n) is 19.3. The molecule has 0 spiro atoms. The molecule has 3 aromatic carbocycles. The molecule has 0 radical (unpaired) electrons. The molecule has 0 atom stereocenters. The van der Waals surface area contributed by atoms with Gasteiger partial charge in [0.1, 0.15) is 5.82 Å². The van der Waals surface area contributed by atoms with Gasteiger partial charge in [0, 0.05) is 29.5 Å². The Morgan fingerprint density at radius 3 is 2.26 bits per heavy atom. The van der Waals surface area contributed by atoms with Crippen LogP contribution in [0, 0.1) is 10.1 Å². The van der Waals surface area contributed by atoms with Crippen molar-refractivity contribution in [3.63, 3.8) is 0 Å². The summed E-state index contributed by atoms with van der Waals surface area (Å²) in [4.78, 5) is 40.4. The molecule has 0 aliphatic rings.